The van der Waals surface area contributed by atoms with Gasteiger partial charge in [-0.3, -0.25) is 9.59 Å². The Morgan fingerprint density at radius 2 is 1.65 bits per heavy atom. The maximum absolute atomic E-state index is 12.5. The average Bonchev–Trinajstić information content (AvgIpc) is 2.52. The maximum Gasteiger partial charge on any atom is 0.416 e. The number of carbonyl (C=O) groups excluding carboxylic acids is 1. The van der Waals surface area contributed by atoms with Crippen molar-refractivity contribution in [2.75, 3.05) is 6.54 Å². The van der Waals surface area contributed by atoms with Gasteiger partial charge in [0.15, 0.2) is 0 Å². The number of amides is 1. The fraction of sp³-hybridized carbons (Fsp3) is 0.500. The van der Waals surface area contributed by atoms with Crippen molar-refractivity contribution >= 4 is 11.9 Å². The van der Waals surface area contributed by atoms with E-state index >= 15 is 0 Å². The van der Waals surface area contributed by atoms with Gasteiger partial charge < -0.3 is 10.4 Å². The molecular weight excluding hydrogens is 311 g/mol. The third kappa shape index (κ3) is 4.03. The fourth-order valence-corrected chi connectivity index (χ4v) is 2.86. The molecule has 0 bridgehead atoms. The second-order valence-corrected chi connectivity index (χ2v) is 5.90. The molecule has 7 heteroatoms. The van der Waals surface area contributed by atoms with Crippen LogP contribution in [0.4, 0.5) is 13.2 Å². The SMILES string of the molecule is O=C(NCC1(C(=O)O)CCCCC1)c1ccc(C(F)(F)F)cc1. The minimum Gasteiger partial charge on any atom is -0.481 e. The van der Waals surface area contributed by atoms with Crippen LogP contribution in [0, 0.1) is 5.41 Å². The van der Waals surface area contributed by atoms with Crippen LogP contribution in [0.25, 0.3) is 0 Å². The number of hydrogen-bond acceptors (Lipinski definition) is 2. The standard InChI is InChI=1S/C16H18F3NO3/c17-16(18,19)12-6-4-11(5-7-12)13(21)20-10-15(14(22)23)8-2-1-3-9-15/h4-7H,1-3,8-10H2,(H,20,21)(H,22,23). The van der Waals surface area contributed by atoms with Crippen LogP contribution in [0.2, 0.25) is 0 Å². The van der Waals surface area contributed by atoms with E-state index in [1.165, 1.54) is 0 Å². The number of aliphatic carboxylic acids is 1. The number of carboxylic acids is 1. The largest absolute Gasteiger partial charge is 0.481 e. The van der Waals surface area contributed by atoms with Gasteiger partial charge in [0.1, 0.15) is 0 Å². The maximum atomic E-state index is 12.5. The first-order valence-electron chi connectivity index (χ1n) is 7.43. The molecule has 0 aromatic heterocycles. The van der Waals surface area contributed by atoms with Crippen LogP contribution in [0.1, 0.15) is 48.0 Å². The van der Waals surface area contributed by atoms with Crippen molar-refractivity contribution in [3.8, 4) is 0 Å². The molecule has 0 atom stereocenters. The van der Waals surface area contributed by atoms with Gasteiger partial charge in [0.05, 0.1) is 11.0 Å². The van der Waals surface area contributed by atoms with E-state index in [-0.39, 0.29) is 12.1 Å². The molecule has 126 valence electrons. The smallest absolute Gasteiger partial charge is 0.416 e. The zero-order valence-corrected chi connectivity index (χ0v) is 12.4. The van der Waals surface area contributed by atoms with Gasteiger partial charge in [-0.2, -0.15) is 13.2 Å². The molecule has 1 aliphatic carbocycles. The van der Waals surface area contributed by atoms with Crippen LogP contribution in [0.5, 0.6) is 0 Å². The molecule has 0 radical (unpaired) electrons. The van der Waals surface area contributed by atoms with E-state index < -0.39 is 29.0 Å². The second-order valence-electron chi connectivity index (χ2n) is 5.90. The molecular formula is C16H18F3NO3. The molecule has 0 spiro atoms. The quantitative estimate of drug-likeness (QED) is 0.889. The highest BCUT2D eigenvalue weighted by atomic mass is 19.4. The topological polar surface area (TPSA) is 66.4 Å². The van der Waals surface area contributed by atoms with Crippen molar-refractivity contribution in [3.63, 3.8) is 0 Å². The molecule has 1 saturated carbocycles. The van der Waals surface area contributed by atoms with Crippen LogP contribution in [-0.2, 0) is 11.0 Å². The first-order chi connectivity index (χ1) is 10.7. The van der Waals surface area contributed by atoms with E-state index in [1.807, 2.05) is 0 Å². The highest BCUT2D eigenvalue weighted by molar-refractivity contribution is 5.94. The third-order valence-corrected chi connectivity index (χ3v) is 4.33. The summed E-state index contributed by atoms with van der Waals surface area (Å²) in [6.07, 6.45) is -0.900. The van der Waals surface area contributed by atoms with Crippen molar-refractivity contribution in [3.05, 3.63) is 35.4 Å². The molecule has 0 saturated heterocycles. The summed E-state index contributed by atoms with van der Waals surface area (Å²) < 4.78 is 37.5. The summed E-state index contributed by atoms with van der Waals surface area (Å²) >= 11 is 0. The summed E-state index contributed by atoms with van der Waals surface area (Å²) in [4.78, 5) is 23.5. The Hall–Kier alpha value is -2.05. The molecule has 0 heterocycles. The van der Waals surface area contributed by atoms with Crippen molar-refractivity contribution in [1.29, 1.82) is 0 Å². The zero-order chi connectivity index (χ0) is 17.1. The lowest BCUT2D eigenvalue weighted by Crippen LogP contribution is -2.44. The highest BCUT2D eigenvalue weighted by Crippen LogP contribution is 2.36. The predicted molar refractivity (Wildman–Crippen MR) is 76.9 cm³/mol. The normalized spacial score (nSPS) is 17.5. The molecule has 2 N–H and O–H groups in total. The number of benzene rings is 1. The zero-order valence-electron chi connectivity index (χ0n) is 12.4. The van der Waals surface area contributed by atoms with E-state index in [9.17, 15) is 27.9 Å². The number of hydrogen-bond donors (Lipinski definition) is 2. The Kier molecular flexibility index (Phi) is 4.97. The number of rotatable bonds is 4. The van der Waals surface area contributed by atoms with Crippen LogP contribution in [-0.4, -0.2) is 23.5 Å². The summed E-state index contributed by atoms with van der Waals surface area (Å²) in [7, 11) is 0. The first-order valence-corrected chi connectivity index (χ1v) is 7.43. The van der Waals surface area contributed by atoms with Crippen molar-refractivity contribution in [2.45, 2.75) is 38.3 Å². The lowest BCUT2D eigenvalue weighted by molar-refractivity contribution is -0.150. The molecule has 4 nitrogen and oxygen atoms in total. The lowest BCUT2D eigenvalue weighted by atomic mass is 9.74. The summed E-state index contributed by atoms with van der Waals surface area (Å²) in [6, 6.07) is 3.85. The molecule has 1 amide bonds. The average molecular weight is 329 g/mol. The monoisotopic (exact) mass is 329 g/mol. The fourth-order valence-electron chi connectivity index (χ4n) is 2.86. The first kappa shape index (κ1) is 17.3. The van der Waals surface area contributed by atoms with Gasteiger partial charge in [-0.15, -0.1) is 0 Å². The van der Waals surface area contributed by atoms with E-state index in [2.05, 4.69) is 5.32 Å². The molecule has 1 aliphatic rings. The molecule has 2 rings (SSSR count). The van der Waals surface area contributed by atoms with Crippen molar-refractivity contribution in [2.24, 2.45) is 5.41 Å². The molecule has 23 heavy (non-hydrogen) atoms. The number of halogens is 3. The summed E-state index contributed by atoms with van der Waals surface area (Å²) in [5.74, 6) is -1.50. The third-order valence-electron chi connectivity index (χ3n) is 4.33. The number of carbonyl (C=O) groups is 2. The van der Waals surface area contributed by atoms with Crippen molar-refractivity contribution < 1.29 is 27.9 Å². The van der Waals surface area contributed by atoms with Crippen LogP contribution in [0.15, 0.2) is 24.3 Å². The van der Waals surface area contributed by atoms with E-state index in [1.54, 1.807) is 0 Å². The van der Waals surface area contributed by atoms with E-state index in [0.717, 1.165) is 43.5 Å². The van der Waals surface area contributed by atoms with Crippen LogP contribution < -0.4 is 5.32 Å². The minimum absolute atomic E-state index is 0.0117. The molecule has 0 aliphatic heterocycles. The summed E-state index contributed by atoms with van der Waals surface area (Å²) in [5, 5.41) is 12.0. The predicted octanol–water partition coefficient (Wildman–Crippen LogP) is 3.47. The number of nitrogens with one attached hydrogen (secondary N) is 1. The van der Waals surface area contributed by atoms with Gasteiger partial charge >= 0.3 is 12.1 Å². The van der Waals surface area contributed by atoms with E-state index in [4.69, 9.17) is 0 Å². The molecule has 1 fully saturated rings. The Morgan fingerprint density at radius 1 is 1.09 bits per heavy atom. The van der Waals surface area contributed by atoms with Gasteiger partial charge in [0.2, 0.25) is 0 Å². The number of alkyl halides is 3. The Morgan fingerprint density at radius 3 is 2.13 bits per heavy atom. The molecule has 0 unspecified atom stereocenters. The molecule has 1 aromatic carbocycles. The second kappa shape index (κ2) is 6.60. The minimum atomic E-state index is -4.45. The van der Waals surface area contributed by atoms with E-state index in [0.29, 0.717) is 12.8 Å². The summed E-state index contributed by atoms with van der Waals surface area (Å²) in [5.41, 5.74) is -1.72. The van der Waals surface area contributed by atoms with Crippen LogP contribution >= 0.6 is 0 Å². The number of carboxylic acid groups (broad SMARTS) is 1. The Labute approximate surface area is 131 Å². The Bertz CT molecular complexity index is 575. The van der Waals surface area contributed by atoms with Gasteiger partial charge in [-0.25, -0.2) is 0 Å². The van der Waals surface area contributed by atoms with Gasteiger partial charge in [-0.05, 0) is 37.1 Å². The Balaban J connectivity index is 2.02. The van der Waals surface area contributed by atoms with Crippen molar-refractivity contribution in [1.82, 2.24) is 5.32 Å². The summed E-state index contributed by atoms with van der Waals surface area (Å²) in [6.45, 7) is -0.0117. The van der Waals surface area contributed by atoms with Crippen LogP contribution in [0.3, 0.4) is 0 Å². The molecule has 1 aromatic rings. The van der Waals surface area contributed by atoms with Gasteiger partial charge in [-0.1, -0.05) is 19.3 Å². The van der Waals surface area contributed by atoms with Gasteiger partial charge in [0, 0.05) is 12.1 Å². The highest BCUT2D eigenvalue weighted by Gasteiger charge is 2.39. The van der Waals surface area contributed by atoms with Gasteiger partial charge in [0.25, 0.3) is 5.91 Å². The lowest BCUT2D eigenvalue weighted by Gasteiger charge is -2.33.